The highest BCUT2D eigenvalue weighted by molar-refractivity contribution is 5.77. The van der Waals surface area contributed by atoms with Gasteiger partial charge in [-0.1, -0.05) is 0 Å². The van der Waals surface area contributed by atoms with Crippen molar-refractivity contribution in [1.29, 1.82) is 0 Å². The molecule has 0 saturated carbocycles. The van der Waals surface area contributed by atoms with E-state index in [9.17, 15) is 4.79 Å². The molecule has 0 radical (unpaired) electrons. The number of nitrogens with zero attached hydrogens (tertiary/aromatic N) is 3. The van der Waals surface area contributed by atoms with Crippen molar-refractivity contribution in [2.45, 2.75) is 37.7 Å². The van der Waals surface area contributed by atoms with Crippen molar-refractivity contribution in [2.75, 3.05) is 32.9 Å². The summed E-state index contributed by atoms with van der Waals surface area (Å²) in [6, 6.07) is 1.97. The fraction of sp³-hybridized carbons (Fsp3) is 0.688. The van der Waals surface area contributed by atoms with Crippen molar-refractivity contribution in [3.05, 3.63) is 24.3 Å². The highest BCUT2D eigenvalue weighted by Gasteiger charge is 2.25. The summed E-state index contributed by atoms with van der Waals surface area (Å²) < 4.78 is 11.0. The molecule has 1 aromatic heterocycles. The Morgan fingerprint density at radius 3 is 2.91 bits per heavy atom. The molecule has 22 heavy (non-hydrogen) atoms. The van der Waals surface area contributed by atoms with Gasteiger partial charge in [0.1, 0.15) is 12.9 Å². The Balaban J connectivity index is 1.38. The highest BCUT2D eigenvalue weighted by atomic mass is 16.5. The first kappa shape index (κ1) is 15.4. The monoisotopic (exact) mass is 305 g/mol. The summed E-state index contributed by atoms with van der Waals surface area (Å²) in [6.45, 7) is 3.06. The summed E-state index contributed by atoms with van der Waals surface area (Å²) in [4.78, 5) is 22.3. The molecule has 3 rings (SSSR count). The van der Waals surface area contributed by atoms with E-state index < -0.39 is 0 Å². The van der Waals surface area contributed by atoms with Crippen molar-refractivity contribution in [3.63, 3.8) is 0 Å². The van der Waals surface area contributed by atoms with E-state index in [2.05, 4.69) is 9.97 Å². The quantitative estimate of drug-likeness (QED) is 0.822. The van der Waals surface area contributed by atoms with Gasteiger partial charge in [0.2, 0.25) is 5.91 Å². The number of ether oxygens (including phenoxy) is 2. The van der Waals surface area contributed by atoms with Gasteiger partial charge < -0.3 is 14.4 Å². The molecular formula is C16H23N3O3. The zero-order valence-electron chi connectivity index (χ0n) is 12.8. The minimum absolute atomic E-state index is 0.0825. The van der Waals surface area contributed by atoms with Crippen LogP contribution in [0, 0.1) is 0 Å². The molecule has 2 saturated heterocycles. The molecule has 1 aromatic rings. The summed E-state index contributed by atoms with van der Waals surface area (Å²) in [7, 11) is 0. The number of aromatic nitrogens is 2. The van der Waals surface area contributed by atoms with E-state index in [0.29, 0.717) is 12.5 Å². The molecule has 2 fully saturated rings. The van der Waals surface area contributed by atoms with Crippen LogP contribution in [0.15, 0.2) is 18.6 Å². The zero-order chi connectivity index (χ0) is 15.2. The van der Waals surface area contributed by atoms with Gasteiger partial charge in [-0.2, -0.15) is 0 Å². The molecular weight excluding hydrogens is 282 g/mol. The highest BCUT2D eigenvalue weighted by Crippen LogP contribution is 2.26. The number of hydrogen-bond donors (Lipinski definition) is 0. The maximum atomic E-state index is 12.1. The number of rotatable bonds is 5. The van der Waals surface area contributed by atoms with Crippen molar-refractivity contribution in [3.8, 4) is 0 Å². The van der Waals surface area contributed by atoms with Crippen LogP contribution in [0.25, 0.3) is 0 Å². The number of likely N-dealkylation sites (tertiary alicyclic amines) is 1. The number of carbonyl (C=O) groups is 1. The molecule has 3 heterocycles. The topological polar surface area (TPSA) is 64.6 Å². The molecule has 6 heteroatoms. The van der Waals surface area contributed by atoms with E-state index in [1.165, 1.54) is 0 Å². The summed E-state index contributed by atoms with van der Waals surface area (Å²) in [5.74, 6) is 0.513. The predicted molar refractivity (Wildman–Crippen MR) is 80.4 cm³/mol. The van der Waals surface area contributed by atoms with Gasteiger partial charge in [0, 0.05) is 37.5 Å². The first-order valence-corrected chi connectivity index (χ1v) is 8.06. The second-order valence-corrected chi connectivity index (χ2v) is 5.94. The lowest BCUT2D eigenvalue weighted by atomic mass is 9.93. The minimum atomic E-state index is 0.0825. The Kier molecular flexibility index (Phi) is 5.34. The Morgan fingerprint density at radius 2 is 2.23 bits per heavy atom. The van der Waals surface area contributed by atoms with Crippen LogP contribution in [-0.2, 0) is 14.3 Å². The third-order valence-electron chi connectivity index (χ3n) is 4.42. The van der Waals surface area contributed by atoms with E-state index in [4.69, 9.17) is 9.47 Å². The van der Waals surface area contributed by atoms with E-state index >= 15 is 0 Å². The molecule has 0 unspecified atom stereocenters. The molecule has 0 bridgehead atoms. The molecule has 1 amide bonds. The van der Waals surface area contributed by atoms with Gasteiger partial charge in [0.05, 0.1) is 12.7 Å². The fourth-order valence-electron chi connectivity index (χ4n) is 3.11. The lowest BCUT2D eigenvalue weighted by Crippen LogP contribution is -2.40. The summed E-state index contributed by atoms with van der Waals surface area (Å²) in [5, 5.41) is 0. The van der Waals surface area contributed by atoms with Crippen molar-refractivity contribution in [1.82, 2.24) is 14.9 Å². The van der Waals surface area contributed by atoms with Gasteiger partial charge in [-0.15, -0.1) is 0 Å². The van der Waals surface area contributed by atoms with Crippen LogP contribution in [0.5, 0.6) is 0 Å². The first-order chi connectivity index (χ1) is 10.8. The standard InChI is InChI=1S/C16H23N3O3/c20-16(11-21-10-14-2-1-9-22-14)19-7-4-13(5-8-19)15-3-6-17-12-18-15/h3,6,12-14H,1-2,4-5,7-11H2/t14-/m1/s1. The van der Waals surface area contributed by atoms with Gasteiger partial charge in [-0.05, 0) is 31.7 Å². The molecule has 120 valence electrons. The second-order valence-electron chi connectivity index (χ2n) is 5.94. The Bertz CT molecular complexity index is 469. The van der Waals surface area contributed by atoms with Crippen LogP contribution in [-0.4, -0.2) is 59.8 Å². The maximum Gasteiger partial charge on any atom is 0.248 e. The number of hydrogen-bond acceptors (Lipinski definition) is 5. The number of piperidine rings is 1. The number of amides is 1. The number of carbonyl (C=O) groups excluding carboxylic acids is 1. The van der Waals surface area contributed by atoms with Crippen LogP contribution in [0.3, 0.4) is 0 Å². The van der Waals surface area contributed by atoms with Crippen LogP contribution in [0.2, 0.25) is 0 Å². The van der Waals surface area contributed by atoms with Crippen LogP contribution >= 0.6 is 0 Å². The van der Waals surface area contributed by atoms with Gasteiger partial charge in [-0.25, -0.2) is 9.97 Å². The fourth-order valence-corrected chi connectivity index (χ4v) is 3.11. The summed E-state index contributed by atoms with van der Waals surface area (Å²) in [6.07, 6.45) is 7.58. The third-order valence-corrected chi connectivity index (χ3v) is 4.42. The molecule has 0 aliphatic carbocycles. The normalized spacial score (nSPS) is 22.9. The minimum Gasteiger partial charge on any atom is -0.376 e. The average Bonchev–Trinajstić information content (AvgIpc) is 3.09. The molecule has 2 aliphatic heterocycles. The van der Waals surface area contributed by atoms with Crippen molar-refractivity contribution >= 4 is 5.91 Å². The smallest absolute Gasteiger partial charge is 0.248 e. The average molecular weight is 305 g/mol. The van der Waals surface area contributed by atoms with Crippen molar-refractivity contribution < 1.29 is 14.3 Å². The van der Waals surface area contributed by atoms with Crippen LogP contribution in [0.1, 0.15) is 37.3 Å². The van der Waals surface area contributed by atoms with Gasteiger partial charge >= 0.3 is 0 Å². The van der Waals surface area contributed by atoms with E-state index in [1.807, 2.05) is 11.0 Å². The Morgan fingerprint density at radius 1 is 1.36 bits per heavy atom. The maximum absolute atomic E-state index is 12.1. The third kappa shape index (κ3) is 4.01. The lowest BCUT2D eigenvalue weighted by molar-refractivity contribution is -0.138. The SMILES string of the molecule is O=C(COC[C@H]1CCCO1)N1CCC(c2ccncn2)CC1. The molecule has 0 spiro atoms. The molecule has 0 N–H and O–H groups in total. The van der Waals surface area contributed by atoms with Crippen LogP contribution in [0.4, 0.5) is 0 Å². The Hall–Kier alpha value is -1.53. The zero-order valence-corrected chi connectivity index (χ0v) is 12.8. The molecule has 2 aliphatic rings. The van der Waals surface area contributed by atoms with Gasteiger partial charge in [0.15, 0.2) is 0 Å². The largest absolute Gasteiger partial charge is 0.376 e. The second kappa shape index (κ2) is 7.65. The van der Waals surface area contributed by atoms with Crippen molar-refractivity contribution in [2.24, 2.45) is 0 Å². The van der Waals surface area contributed by atoms with E-state index in [0.717, 1.165) is 51.1 Å². The van der Waals surface area contributed by atoms with E-state index in [1.54, 1.807) is 12.5 Å². The van der Waals surface area contributed by atoms with Gasteiger partial charge in [0.25, 0.3) is 0 Å². The summed E-state index contributed by atoms with van der Waals surface area (Å²) in [5.41, 5.74) is 1.08. The molecule has 1 atom stereocenters. The summed E-state index contributed by atoms with van der Waals surface area (Å²) >= 11 is 0. The van der Waals surface area contributed by atoms with Gasteiger partial charge in [-0.3, -0.25) is 4.79 Å². The van der Waals surface area contributed by atoms with E-state index in [-0.39, 0.29) is 18.6 Å². The van der Waals surface area contributed by atoms with Crippen LogP contribution < -0.4 is 0 Å². The Labute approximate surface area is 130 Å². The lowest BCUT2D eigenvalue weighted by Gasteiger charge is -2.31. The molecule has 0 aromatic carbocycles. The predicted octanol–water partition coefficient (Wildman–Crippen LogP) is 1.38. The molecule has 6 nitrogen and oxygen atoms in total. The first-order valence-electron chi connectivity index (χ1n) is 8.06.